The van der Waals surface area contributed by atoms with Crippen LogP contribution in [0.1, 0.15) is 17.4 Å². The van der Waals surface area contributed by atoms with E-state index in [-0.39, 0.29) is 6.04 Å². The van der Waals surface area contributed by atoms with Gasteiger partial charge in [0.2, 0.25) is 0 Å². The molecule has 2 rings (SSSR count). The molecule has 1 heterocycles. The van der Waals surface area contributed by atoms with Gasteiger partial charge in [0.1, 0.15) is 5.76 Å². The molecule has 0 amide bonds. The van der Waals surface area contributed by atoms with E-state index in [0.29, 0.717) is 6.54 Å². The predicted octanol–water partition coefficient (Wildman–Crippen LogP) is 3.83. The zero-order valence-corrected chi connectivity index (χ0v) is 13.0. The molecular formula is C14H16BrClN2O. The van der Waals surface area contributed by atoms with Crippen molar-refractivity contribution in [3.8, 4) is 0 Å². The minimum Gasteiger partial charge on any atom is -0.453 e. The van der Waals surface area contributed by atoms with E-state index in [1.807, 2.05) is 43.4 Å². The number of benzene rings is 1. The molecule has 0 radical (unpaired) electrons. The van der Waals surface area contributed by atoms with E-state index in [4.69, 9.17) is 21.8 Å². The summed E-state index contributed by atoms with van der Waals surface area (Å²) < 4.78 is 6.31. The van der Waals surface area contributed by atoms with E-state index in [9.17, 15) is 0 Å². The van der Waals surface area contributed by atoms with Gasteiger partial charge in [-0.15, -0.1) is 0 Å². The Morgan fingerprint density at radius 1 is 1.26 bits per heavy atom. The summed E-state index contributed by atoms with van der Waals surface area (Å²) in [5.74, 6) is 0.867. The fourth-order valence-corrected chi connectivity index (χ4v) is 2.45. The molecule has 2 aromatic rings. The van der Waals surface area contributed by atoms with Crippen molar-refractivity contribution in [2.24, 2.45) is 5.73 Å². The number of furan rings is 1. The Kier molecular flexibility index (Phi) is 5.05. The largest absolute Gasteiger partial charge is 0.453 e. The van der Waals surface area contributed by atoms with Gasteiger partial charge in [0, 0.05) is 18.1 Å². The van der Waals surface area contributed by atoms with Gasteiger partial charge in [-0.05, 0) is 52.8 Å². The summed E-state index contributed by atoms with van der Waals surface area (Å²) in [5, 5.41) is 0.747. The number of nitrogens with zero attached hydrogens (tertiary/aromatic N) is 1. The molecule has 102 valence electrons. The summed E-state index contributed by atoms with van der Waals surface area (Å²) in [5.41, 5.74) is 7.05. The first-order valence-electron chi connectivity index (χ1n) is 6.00. The van der Waals surface area contributed by atoms with Crippen molar-refractivity contribution in [1.29, 1.82) is 0 Å². The van der Waals surface area contributed by atoms with Gasteiger partial charge >= 0.3 is 0 Å². The molecule has 0 spiro atoms. The Hall–Kier alpha value is -0.810. The number of halogens is 2. The third-order valence-electron chi connectivity index (χ3n) is 3.02. The Labute approximate surface area is 126 Å². The van der Waals surface area contributed by atoms with Gasteiger partial charge in [0.05, 0.1) is 6.04 Å². The van der Waals surface area contributed by atoms with Gasteiger partial charge in [-0.1, -0.05) is 23.7 Å². The molecule has 0 aliphatic rings. The first-order chi connectivity index (χ1) is 9.10. The van der Waals surface area contributed by atoms with E-state index < -0.39 is 0 Å². The second-order valence-electron chi connectivity index (χ2n) is 4.43. The highest BCUT2D eigenvalue weighted by Crippen LogP contribution is 2.25. The van der Waals surface area contributed by atoms with Crippen molar-refractivity contribution >= 4 is 27.5 Å². The minimum absolute atomic E-state index is 0.0574. The smallest absolute Gasteiger partial charge is 0.169 e. The molecule has 19 heavy (non-hydrogen) atoms. The normalized spacial score (nSPS) is 12.9. The summed E-state index contributed by atoms with van der Waals surface area (Å²) in [4.78, 5) is 2.16. The van der Waals surface area contributed by atoms with Crippen molar-refractivity contribution in [3.05, 3.63) is 57.4 Å². The Morgan fingerprint density at radius 2 is 1.95 bits per heavy atom. The topological polar surface area (TPSA) is 42.4 Å². The number of rotatable bonds is 5. The van der Waals surface area contributed by atoms with Crippen molar-refractivity contribution < 1.29 is 4.42 Å². The van der Waals surface area contributed by atoms with Crippen LogP contribution in [0.15, 0.2) is 45.5 Å². The van der Waals surface area contributed by atoms with Crippen LogP contribution in [0.4, 0.5) is 0 Å². The highest BCUT2D eigenvalue weighted by molar-refractivity contribution is 9.10. The molecule has 1 atom stereocenters. The highest BCUT2D eigenvalue weighted by Gasteiger charge is 2.19. The summed E-state index contributed by atoms with van der Waals surface area (Å²) in [6.45, 7) is 1.29. The first-order valence-corrected chi connectivity index (χ1v) is 7.17. The fourth-order valence-electron chi connectivity index (χ4n) is 2.01. The zero-order chi connectivity index (χ0) is 13.8. The summed E-state index contributed by atoms with van der Waals surface area (Å²) >= 11 is 9.20. The van der Waals surface area contributed by atoms with Gasteiger partial charge in [-0.3, -0.25) is 4.90 Å². The molecule has 0 bridgehead atoms. The Bertz CT molecular complexity index is 526. The number of likely N-dealkylation sites (N-methyl/N-ethyl adjacent to an activating group) is 1. The Balaban J connectivity index is 2.08. The van der Waals surface area contributed by atoms with E-state index >= 15 is 0 Å². The van der Waals surface area contributed by atoms with E-state index in [0.717, 1.165) is 22.0 Å². The SMILES string of the molecule is CN(Cc1ccc(Cl)cc1)C(CN)c1ccc(Br)o1. The van der Waals surface area contributed by atoms with Crippen LogP contribution in [-0.4, -0.2) is 18.5 Å². The third kappa shape index (κ3) is 3.83. The lowest BCUT2D eigenvalue weighted by atomic mass is 10.1. The van der Waals surface area contributed by atoms with Crippen molar-refractivity contribution in [2.45, 2.75) is 12.6 Å². The van der Waals surface area contributed by atoms with Crippen molar-refractivity contribution in [2.75, 3.05) is 13.6 Å². The van der Waals surface area contributed by atoms with Crippen LogP contribution in [0.25, 0.3) is 0 Å². The average Bonchev–Trinajstić information content (AvgIpc) is 2.80. The summed E-state index contributed by atoms with van der Waals surface area (Å²) in [6.07, 6.45) is 0. The molecule has 0 aliphatic carbocycles. The highest BCUT2D eigenvalue weighted by atomic mass is 79.9. The van der Waals surface area contributed by atoms with Crippen LogP contribution < -0.4 is 5.73 Å². The Morgan fingerprint density at radius 3 is 2.47 bits per heavy atom. The maximum atomic E-state index is 5.88. The second-order valence-corrected chi connectivity index (χ2v) is 5.65. The molecule has 1 unspecified atom stereocenters. The van der Waals surface area contributed by atoms with Crippen LogP contribution in [0.3, 0.4) is 0 Å². The maximum Gasteiger partial charge on any atom is 0.169 e. The lowest BCUT2D eigenvalue weighted by Crippen LogP contribution is -2.29. The van der Waals surface area contributed by atoms with E-state index in [1.54, 1.807) is 0 Å². The second kappa shape index (κ2) is 6.57. The fraction of sp³-hybridized carbons (Fsp3) is 0.286. The molecule has 1 aromatic heterocycles. The number of nitrogens with two attached hydrogens (primary N) is 1. The molecule has 2 N–H and O–H groups in total. The van der Waals surface area contributed by atoms with Gasteiger partial charge in [0.25, 0.3) is 0 Å². The molecule has 0 aliphatic heterocycles. The molecule has 1 aromatic carbocycles. The van der Waals surface area contributed by atoms with Gasteiger partial charge in [-0.2, -0.15) is 0 Å². The van der Waals surface area contributed by atoms with Crippen LogP contribution in [0.5, 0.6) is 0 Å². The summed E-state index contributed by atoms with van der Waals surface area (Å²) in [6, 6.07) is 11.7. The van der Waals surface area contributed by atoms with Crippen LogP contribution in [-0.2, 0) is 6.54 Å². The molecule has 5 heteroatoms. The minimum atomic E-state index is 0.0574. The van der Waals surface area contributed by atoms with E-state index in [1.165, 1.54) is 5.56 Å². The third-order valence-corrected chi connectivity index (χ3v) is 3.70. The summed E-state index contributed by atoms with van der Waals surface area (Å²) in [7, 11) is 2.03. The lowest BCUT2D eigenvalue weighted by molar-refractivity contribution is 0.211. The molecular weight excluding hydrogens is 328 g/mol. The molecule has 0 saturated carbocycles. The first kappa shape index (κ1) is 14.6. The average molecular weight is 344 g/mol. The molecule has 3 nitrogen and oxygen atoms in total. The number of hydrogen-bond donors (Lipinski definition) is 1. The van der Waals surface area contributed by atoms with Crippen molar-refractivity contribution in [3.63, 3.8) is 0 Å². The van der Waals surface area contributed by atoms with Crippen LogP contribution >= 0.6 is 27.5 Å². The van der Waals surface area contributed by atoms with Crippen molar-refractivity contribution in [1.82, 2.24) is 4.90 Å². The molecule has 0 fully saturated rings. The van der Waals surface area contributed by atoms with Gasteiger partial charge in [-0.25, -0.2) is 0 Å². The van der Waals surface area contributed by atoms with E-state index in [2.05, 4.69) is 20.8 Å². The lowest BCUT2D eigenvalue weighted by Gasteiger charge is -2.25. The monoisotopic (exact) mass is 342 g/mol. The van der Waals surface area contributed by atoms with Gasteiger partial charge in [0.15, 0.2) is 4.67 Å². The standard InChI is InChI=1S/C14H16BrClN2O/c1-18(9-10-2-4-11(16)5-3-10)12(8-17)13-6-7-14(15)19-13/h2-7,12H,8-9,17H2,1H3. The van der Waals surface area contributed by atoms with Gasteiger partial charge < -0.3 is 10.2 Å². The van der Waals surface area contributed by atoms with Crippen LogP contribution in [0, 0.1) is 0 Å². The maximum absolute atomic E-state index is 5.88. The van der Waals surface area contributed by atoms with Crippen LogP contribution in [0.2, 0.25) is 5.02 Å². The zero-order valence-electron chi connectivity index (χ0n) is 10.6. The predicted molar refractivity (Wildman–Crippen MR) is 81.1 cm³/mol. The molecule has 0 saturated heterocycles. The quantitative estimate of drug-likeness (QED) is 0.897. The number of hydrogen-bond acceptors (Lipinski definition) is 3.